The molecule has 4 atom stereocenters. The fourth-order valence-corrected chi connectivity index (χ4v) is 5.61. The minimum Gasteiger partial charge on any atom is -0.370 e. The molecule has 3 saturated heterocycles. The maximum atomic E-state index is 12.4. The quantitative estimate of drug-likeness (QED) is 0.759. The average molecular weight is 375 g/mol. The maximum Gasteiger partial charge on any atom is 0.220 e. The van der Waals surface area contributed by atoms with Crippen molar-refractivity contribution in [1.82, 2.24) is 20.0 Å². The highest BCUT2D eigenvalue weighted by molar-refractivity contribution is 5.76. The predicted octanol–water partition coefficient (Wildman–Crippen LogP) is 2.34. The number of hydrogen-bond acceptors (Lipinski definition) is 4. The van der Waals surface area contributed by atoms with E-state index in [4.69, 9.17) is 4.74 Å². The molecule has 1 aromatic rings. The Morgan fingerprint density at radius 2 is 2.26 bits per heavy atom. The summed E-state index contributed by atoms with van der Waals surface area (Å²) in [4.78, 5) is 14.9. The van der Waals surface area contributed by atoms with Crippen molar-refractivity contribution in [3.63, 3.8) is 0 Å². The first-order valence-corrected chi connectivity index (χ1v) is 10.7. The number of amides is 1. The zero-order valence-corrected chi connectivity index (χ0v) is 17.0. The summed E-state index contributed by atoms with van der Waals surface area (Å²) in [7, 11) is 2.00. The van der Waals surface area contributed by atoms with Gasteiger partial charge in [-0.25, -0.2) is 0 Å². The third-order valence-corrected chi connectivity index (χ3v) is 7.33. The van der Waals surface area contributed by atoms with Gasteiger partial charge in [-0.05, 0) is 24.8 Å². The molecule has 1 amide bonds. The molecular formula is C21H34N4O2. The van der Waals surface area contributed by atoms with E-state index in [0.717, 1.165) is 45.4 Å². The van der Waals surface area contributed by atoms with Gasteiger partial charge in [-0.3, -0.25) is 14.4 Å². The normalized spacial score (nSPS) is 32.4. The number of ether oxygens (including phenoxy) is 1. The lowest BCUT2D eigenvalue weighted by Crippen LogP contribution is -2.42. The molecule has 0 saturated carbocycles. The summed E-state index contributed by atoms with van der Waals surface area (Å²) >= 11 is 0. The third-order valence-electron chi connectivity index (χ3n) is 7.33. The standard InChI is InChI=1S/C21H34N4O2/c1-4-15(5-2)10-20(26)22-11-17-18-13-25(12-16-7-9-23-24(16)3)14-21(18)8-6-19(17)27-21/h7,9,15,17-19H,4-6,8,10-14H2,1-3H3,(H,22,26)/t17-,18+,19+,21+/m0/s1. The Hall–Kier alpha value is -1.40. The monoisotopic (exact) mass is 374 g/mol. The van der Waals surface area contributed by atoms with Gasteiger partial charge in [0, 0.05) is 57.7 Å². The van der Waals surface area contributed by atoms with Crippen LogP contribution < -0.4 is 5.32 Å². The molecule has 3 fully saturated rings. The Kier molecular flexibility index (Phi) is 5.30. The molecule has 4 rings (SSSR count). The number of rotatable bonds is 8. The van der Waals surface area contributed by atoms with Crippen LogP contribution in [-0.4, -0.2) is 51.9 Å². The average Bonchev–Trinajstić information content (AvgIpc) is 3.39. The van der Waals surface area contributed by atoms with E-state index >= 15 is 0 Å². The summed E-state index contributed by atoms with van der Waals surface area (Å²) in [6, 6.07) is 2.10. The summed E-state index contributed by atoms with van der Waals surface area (Å²) in [6.45, 7) is 8.12. The van der Waals surface area contributed by atoms with Crippen molar-refractivity contribution in [2.75, 3.05) is 19.6 Å². The van der Waals surface area contributed by atoms with Crippen LogP contribution in [0.15, 0.2) is 12.3 Å². The number of fused-ring (bicyclic) bond motifs is 1. The summed E-state index contributed by atoms with van der Waals surface area (Å²) in [5.41, 5.74) is 1.27. The van der Waals surface area contributed by atoms with Crippen molar-refractivity contribution >= 4 is 5.91 Å². The molecule has 1 aromatic heterocycles. The van der Waals surface area contributed by atoms with Gasteiger partial charge in [0.05, 0.1) is 17.4 Å². The summed E-state index contributed by atoms with van der Waals surface area (Å²) in [5, 5.41) is 7.52. The zero-order valence-electron chi connectivity index (χ0n) is 17.0. The topological polar surface area (TPSA) is 59.4 Å². The second-order valence-electron chi connectivity index (χ2n) is 8.84. The van der Waals surface area contributed by atoms with E-state index in [1.807, 2.05) is 17.9 Å². The van der Waals surface area contributed by atoms with E-state index in [2.05, 4.69) is 35.2 Å². The van der Waals surface area contributed by atoms with Crippen LogP contribution in [0.3, 0.4) is 0 Å². The fraction of sp³-hybridized carbons (Fsp3) is 0.810. The van der Waals surface area contributed by atoms with Gasteiger partial charge in [0.15, 0.2) is 0 Å². The molecule has 0 aliphatic carbocycles. The van der Waals surface area contributed by atoms with E-state index in [0.29, 0.717) is 30.3 Å². The zero-order chi connectivity index (χ0) is 19.0. The third kappa shape index (κ3) is 3.54. The summed E-state index contributed by atoms with van der Waals surface area (Å²) in [6.07, 6.45) is 7.33. The van der Waals surface area contributed by atoms with Crippen molar-refractivity contribution in [2.24, 2.45) is 24.8 Å². The van der Waals surface area contributed by atoms with Gasteiger partial charge in [-0.2, -0.15) is 5.10 Å². The van der Waals surface area contributed by atoms with Crippen LogP contribution >= 0.6 is 0 Å². The van der Waals surface area contributed by atoms with Crippen molar-refractivity contribution in [3.8, 4) is 0 Å². The van der Waals surface area contributed by atoms with Crippen molar-refractivity contribution in [1.29, 1.82) is 0 Å². The Morgan fingerprint density at radius 3 is 2.96 bits per heavy atom. The minimum atomic E-state index is 0.0219. The highest BCUT2D eigenvalue weighted by Crippen LogP contribution is 2.54. The maximum absolute atomic E-state index is 12.4. The predicted molar refractivity (Wildman–Crippen MR) is 104 cm³/mol. The molecule has 1 N–H and O–H groups in total. The number of aryl methyl sites for hydroxylation is 1. The Labute approximate surface area is 162 Å². The smallest absolute Gasteiger partial charge is 0.220 e. The van der Waals surface area contributed by atoms with Crippen LogP contribution in [0, 0.1) is 17.8 Å². The van der Waals surface area contributed by atoms with Gasteiger partial charge >= 0.3 is 0 Å². The van der Waals surface area contributed by atoms with Crippen LogP contribution in [0.25, 0.3) is 0 Å². The Bertz CT molecular complexity index is 671. The van der Waals surface area contributed by atoms with Crippen LogP contribution in [-0.2, 0) is 23.1 Å². The number of carbonyl (C=O) groups is 1. The lowest BCUT2D eigenvalue weighted by molar-refractivity contribution is -0.122. The van der Waals surface area contributed by atoms with Gasteiger partial charge < -0.3 is 10.1 Å². The van der Waals surface area contributed by atoms with Crippen LogP contribution in [0.2, 0.25) is 0 Å². The Morgan fingerprint density at radius 1 is 1.44 bits per heavy atom. The number of nitrogens with one attached hydrogen (secondary N) is 1. The number of carbonyl (C=O) groups excluding carboxylic acids is 1. The molecule has 0 aromatic carbocycles. The highest BCUT2D eigenvalue weighted by atomic mass is 16.5. The van der Waals surface area contributed by atoms with E-state index in [-0.39, 0.29) is 11.5 Å². The SMILES string of the molecule is CCC(CC)CC(=O)NC[C@H]1[C@H]2CN(Cc3ccnn3C)C[C@]23CC[C@H]1O3. The molecular weight excluding hydrogens is 340 g/mol. The molecule has 0 radical (unpaired) electrons. The first-order chi connectivity index (χ1) is 13.0. The van der Waals surface area contributed by atoms with Gasteiger partial charge in [0.2, 0.25) is 5.91 Å². The molecule has 27 heavy (non-hydrogen) atoms. The fourth-order valence-electron chi connectivity index (χ4n) is 5.61. The van der Waals surface area contributed by atoms with E-state index in [1.165, 1.54) is 12.1 Å². The molecule has 3 aliphatic rings. The first kappa shape index (κ1) is 18.9. The molecule has 4 heterocycles. The first-order valence-electron chi connectivity index (χ1n) is 10.7. The van der Waals surface area contributed by atoms with Crippen molar-refractivity contribution in [2.45, 2.75) is 64.2 Å². The second-order valence-corrected chi connectivity index (χ2v) is 8.84. The van der Waals surface area contributed by atoms with Gasteiger partial charge in [0.1, 0.15) is 0 Å². The molecule has 1 spiro atoms. The Balaban J connectivity index is 1.35. The molecule has 6 heteroatoms. The summed E-state index contributed by atoms with van der Waals surface area (Å²) < 4.78 is 8.47. The highest BCUT2D eigenvalue weighted by Gasteiger charge is 2.62. The number of hydrogen-bond donors (Lipinski definition) is 1. The molecule has 2 bridgehead atoms. The van der Waals surface area contributed by atoms with Crippen LogP contribution in [0.1, 0.15) is 51.6 Å². The van der Waals surface area contributed by atoms with Crippen LogP contribution in [0.4, 0.5) is 0 Å². The molecule has 6 nitrogen and oxygen atoms in total. The van der Waals surface area contributed by atoms with Crippen molar-refractivity contribution in [3.05, 3.63) is 18.0 Å². The number of likely N-dealkylation sites (tertiary alicyclic amines) is 1. The molecule has 150 valence electrons. The second kappa shape index (κ2) is 7.55. The summed E-state index contributed by atoms with van der Waals surface area (Å²) in [5.74, 6) is 1.72. The van der Waals surface area contributed by atoms with E-state index < -0.39 is 0 Å². The number of nitrogens with zero attached hydrogens (tertiary/aromatic N) is 3. The van der Waals surface area contributed by atoms with Gasteiger partial charge in [0.25, 0.3) is 0 Å². The van der Waals surface area contributed by atoms with Gasteiger partial charge in [-0.1, -0.05) is 26.7 Å². The lowest BCUT2D eigenvalue weighted by Gasteiger charge is -2.29. The van der Waals surface area contributed by atoms with E-state index in [9.17, 15) is 4.79 Å². The molecule has 0 unspecified atom stereocenters. The minimum absolute atomic E-state index is 0.0219. The van der Waals surface area contributed by atoms with E-state index in [1.54, 1.807) is 0 Å². The number of aromatic nitrogens is 2. The molecule has 3 aliphatic heterocycles. The lowest BCUT2D eigenvalue weighted by atomic mass is 9.73. The van der Waals surface area contributed by atoms with Crippen LogP contribution in [0.5, 0.6) is 0 Å². The largest absolute Gasteiger partial charge is 0.370 e. The van der Waals surface area contributed by atoms with Crippen molar-refractivity contribution < 1.29 is 9.53 Å². The van der Waals surface area contributed by atoms with Gasteiger partial charge in [-0.15, -0.1) is 0 Å².